The normalized spacial score (nSPS) is 25.7. The van der Waals surface area contributed by atoms with Gasteiger partial charge >= 0.3 is 5.97 Å². The average molecular weight is 291 g/mol. The average Bonchev–Trinajstić information content (AvgIpc) is 2.48. The van der Waals surface area contributed by atoms with Gasteiger partial charge in [-0.2, -0.15) is 0 Å². The topological polar surface area (TPSA) is 69.6 Å². The first-order valence-electron chi connectivity index (χ1n) is 7.78. The van der Waals surface area contributed by atoms with E-state index in [1.807, 2.05) is 12.1 Å². The van der Waals surface area contributed by atoms with Gasteiger partial charge in [0.1, 0.15) is 0 Å². The third-order valence-corrected chi connectivity index (χ3v) is 4.60. The van der Waals surface area contributed by atoms with Gasteiger partial charge in [-0.1, -0.05) is 25.5 Å². The van der Waals surface area contributed by atoms with Gasteiger partial charge in [-0.3, -0.25) is 0 Å². The summed E-state index contributed by atoms with van der Waals surface area (Å²) >= 11 is 0. The molecule has 0 atom stereocenters. The van der Waals surface area contributed by atoms with Gasteiger partial charge in [-0.25, -0.2) is 4.79 Å². The molecule has 116 valence electrons. The maximum atomic E-state index is 10.8. The molecule has 0 bridgehead atoms. The summed E-state index contributed by atoms with van der Waals surface area (Å²) in [5.41, 5.74) is 0.758. The Morgan fingerprint density at radius 1 is 1.29 bits per heavy atom. The van der Waals surface area contributed by atoms with Gasteiger partial charge in [-0.15, -0.1) is 0 Å². The van der Waals surface area contributed by atoms with Crippen molar-refractivity contribution in [3.63, 3.8) is 0 Å². The molecule has 0 saturated heterocycles. The summed E-state index contributed by atoms with van der Waals surface area (Å²) in [4.78, 5) is 10.8. The fraction of sp³-hybridized carbons (Fsp3) is 0.588. The van der Waals surface area contributed by atoms with Crippen LogP contribution in [0.15, 0.2) is 24.3 Å². The molecule has 1 aliphatic carbocycles. The van der Waals surface area contributed by atoms with Gasteiger partial charge in [0, 0.05) is 13.1 Å². The van der Waals surface area contributed by atoms with Crippen molar-refractivity contribution in [2.24, 2.45) is 5.92 Å². The molecular formula is C17H25NO3. The van der Waals surface area contributed by atoms with Gasteiger partial charge in [0.05, 0.1) is 11.2 Å². The quantitative estimate of drug-likeness (QED) is 0.754. The zero-order valence-corrected chi connectivity index (χ0v) is 12.6. The SMILES string of the molecule is CCC1CCC(O)(CNCc2ccc(C(=O)O)cc2)CC1. The molecule has 1 aromatic rings. The standard InChI is InChI=1S/C17H25NO3/c1-2-13-7-9-17(21,10-8-13)12-18-11-14-3-5-15(6-4-14)16(19)20/h3-6,13,18,21H,2,7-12H2,1H3,(H,19,20). The molecule has 1 fully saturated rings. The van der Waals surface area contributed by atoms with Crippen molar-refractivity contribution in [2.45, 2.75) is 51.2 Å². The van der Waals surface area contributed by atoms with E-state index in [0.29, 0.717) is 18.7 Å². The zero-order chi connectivity index (χ0) is 15.3. The largest absolute Gasteiger partial charge is 0.478 e. The lowest BCUT2D eigenvalue weighted by molar-refractivity contribution is -0.00881. The summed E-state index contributed by atoms with van der Waals surface area (Å²) in [5.74, 6) is -0.134. The van der Waals surface area contributed by atoms with Crippen molar-refractivity contribution in [3.8, 4) is 0 Å². The molecule has 4 heteroatoms. The van der Waals surface area contributed by atoms with E-state index in [4.69, 9.17) is 5.11 Å². The van der Waals surface area contributed by atoms with Crippen LogP contribution in [0, 0.1) is 5.92 Å². The molecule has 21 heavy (non-hydrogen) atoms. The predicted molar refractivity (Wildman–Crippen MR) is 82.3 cm³/mol. The molecule has 3 N–H and O–H groups in total. The Kier molecular flexibility index (Phi) is 5.37. The van der Waals surface area contributed by atoms with E-state index in [1.54, 1.807) is 12.1 Å². The summed E-state index contributed by atoms with van der Waals surface area (Å²) in [5, 5.41) is 22.7. The van der Waals surface area contributed by atoms with Crippen LogP contribution >= 0.6 is 0 Å². The molecule has 0 aromatic heterocycles. The maximum Gasteiger partial charge on any atom is 0.335 e. The number of aliphatic hydroxyl groups is 1. The monoisotopic (exact) mass is 291 g/mol. The molecule has 0 heterocycles. The van der Waals surface area contributed by atoms with Crippen molar-refractivity contribution >= 4 is 5.97 Å². The number of hydrogen-bond donors (Lipinski definition) is 3. The molecular weight excluding hydrogens is 266 g/mol. The minimum absolute atomic E-state index is 0.301. The number of carboxylic acid groups (broad SMARTS) is 1. The smallest absolute Gasteiger partial charge is 0.335 e. The number of aromatic carboxylic acids is 1. The van der Waals surface area contributed by atoms with Crippen LogP contribution in [0.4, 0.5) is 0 Å². The minimum atomic E-state index is -0.906. The predicted octanol–water partition coefficient (Wildman–Crippen LogP) is 2.81. The van der Waals surface area contributed by atoms with Crippen molar-refractivity contribution < 1.29 is 15.0 Å². The van der Waals surface area contributed by atoms with Crippen LogP contribution < -0.4 is 5.32 Å². The minimum Gasteiger partial charge on any atom is -0.478 e. The molecule has 0 spiro atoms. The highest BCUT2D eigenvalue weighted by Gasteiger charge is 2.31. The van der Waals surface area contributed by atoms with E-state index in [2.05, 4.69) is 12.2 Å². The lowest BCUT2D eigenvalue weighted by Gasteiger charge is -2.36. The Morgan fingerprint density at radius 3 is 2.43 bits per heavy atom. The first kappa shape index (κ1) is 16.0. The highest BCUT2D eigenvalue weighted by Crippen LogP contribution is 2.33. The number of rotatable bonds is 6. The van der Waals surface area contributed by atoms with Crippen LogP contribution in [0.5, 0.6) is 0 Å². The Bertz CT molecular complexity index is 461. The Balaban J connectivity index is 1.77. The van der Waals surface area contributed by atoms with Gasteiger partial charge in [0.15, 0.2) is 0 Å². The van der Waals surface area contributed by atoms with E-state index in [9.17, 15) is 9.90 Å². The molecule has 0 unspecified atom stereocenters. The highest BCUT2D eigenvalue weighted by molar-refractivity contribution is 5.87. The van der Waals surface area contributed by atoms with Crippen LogP contribution in [-0.2, 0) is 6.54 Å². The zero-order valence-electron chi connectivity index (χ0n) is 12.6. The fourth-order valence-electron chi connectivity index (χ4n) is 3.00. The third kappa shape index (κ3) is 4.55. The number of nitrogens with one attached hydrogen (secondary N) is 1. The molecule has 0 aliphatic heterocycles. The molecule has 0 amide bonds. The van der Waals surface area contributed by atoms with Gasteiger partial charge in [0.25, 0.3) is 0 Å². The number of benzene rings is 1. The van der Waals surface area contributed by atoms with E-state index < -0.39 is 11.6 Å². The second-order valence-corrected chi connectivity index (χ2v) is 6.18. The van der Waals surface area contributed by atoms with E-state index in [-0.39, 0.29) is 0 Å². The second kappa shape index (κ2) is 7.05. The first-order chi connectivity index (χ1) is 10.0. The number of carboxylic acids is 1. The van der Waals surface area contributed by atoms with Gasteiger partial charge in [-0.05, 0) is 49.3 Å². The van der Waals surface area contributed by atoms with Crippen molar-refractivity contribution in [3.05, 3.63) is 35.4 Å². The van der Waals surface area contributed by atoms with Crippen LogP contribution in [-0.4, -0.2) is 28.3 Å². The molecule has 1 aliphatic rings. The Hall–Kier alpha value is -1.39. The molecule has 1 saturated carbocycles. The lowest BCUT2D eigenvalue weighted by Crippen LogP contribution is -2.43. The van der Waals surface area contributed by atoms with E-state index >= 15 is 0 Å². The molecule has 4 nitrogen and oxygen atoms in total. The third-order valence-electron chi connectivity index (χ3n) is 4.60. The summed E-state index contributed by atoms with van der Waals surface area (Å²) < 4.78 is 0. The molecule has 0 radical (unpaired) electrons. The lowest BCUT2D eigenvalue weighted by atomic mass is 9.78. The van der Waals surface area contributed by atoms with E-state index in [1.165, 1.54) is 6.42 Å². The van der Waals surface area contributed by atoms with Gasteiger partial charge in [0.2, 0.25) is 0 Å². The van der Waals surface area contributed by atoms with E-state index in [0.717, 1.165) is 37.2 Å². The number of hydrogen-bond acceptors (Lipinski definition) is 3. The molecule has 2 rings (SSSR count). The summed E-state index contributed by atoms with van der Waals surface area (Å²) in [6.07, 6.45) is 5.18. The fourth-order valence-corrected chi connectivity index (χ4v) is 3.00. The Labute approximate surface area is 126 Å². The van der Waals surface area contributed by atoms with Crippen molar-refractivity contribution in [1.29, 1.82) is 0 Å². The highest BCUT2D eigenvalue weighted by atomic mass is 16.4. The van der Waals surface area contributed by atoms with Crippen LogP contribution in [0.1, 0.15) is 54.9 Å². The van der Waals surface area contributed by atoms with Crippen molar-refractivity contribution in [1.82, 2.24) is 5.32 Å². The summed E-state index contributed by atoms with van der Waals surface area (Å²) in [6, 6.07) is 6.85. The number of carbonyl (C=O) groups is 1. The van der Waals surface area contributed by atoms with Crippen LogP contribution in [0.3, 0.4) is 0 Å². The molecule has 1 aromatic carbocycles. The second-order valence-electron chi connectivity index (χ2n) is 6.18. The summed E-state index contributed by atoms with van der Waals surface area (Å²) in [7, 11) is 0. The first-order valence-corrected chi connectivity index (χ1v) is 7.78. The van der Waals surface area contributed by atoms with Crippen LogP contribution in [0.25, 0.3) is 0 Å². The van der Waals surface area contributed by atoms with Crippen molar-refractivity contribution in [2.75, 3.05) is 6.54 Å². The summed E-state index contributed by atoms with van der Waals surface area (Å²) in [6.45, 7) is 3.47. The maximum absolute atomic E-state index is 10.8. The Morgan fingerprint density at radius 2 is 1.90 bits per heavy atom. The van der Waals surface area contributed by atoms with Gasteiger partial charge < -0.3 is 15.5 Å². The van der Waals surface area contributed by atoms with Crippen LogP contribution in [0.2, 0.25) is 0 Å².